The topological polar surface area (TPSA) is 149 Å². The van der Waals surface area contributed by atoms with Gasteiger partial charge in [-0.2, -0.15) is 10.1 Å². The first kappa shape index (κ1) is 21.8. The lowest BCUT2D eigenvalue weighted by Crippen LogP contribution is -2.30. The van der Waals surface area contributed by atoms with E-state index >= 15 is 0 Å². The fraction of sp³-hybridized carbons (Fsp3) is 0.450. The minimum atomic E-state index is -0.240. The van der Waals surface area contributed by atoms with Crippen molar-refractivity contribution in [2.75, 3.05) is 31.3 Å². The Morgan fingerprint density at radius 3 is 2.87 bits per heavy atom. The molecule has 10 heteroatoms. The van der Waals surface area contributed by atoms with Gasteiger partial charge < -0.3 is 31.9 Å². The zero-order valence-electron chi connectivity index (χ0n) is 17.4. The van der Waals surface area contributed by atoms with Crippen molar-refractivity contribution < 1.29 is 9.84 Å². The first-order valence-corrected chi connectivity index (χ1v) is 10.0. The summed E-state index contributed by atoms with van der Waals surface area (Å²) < 4.78 is 7.41. The van der Waals surface area contributed by atoms with E-state index in [1.54, 1.807) is 13.3 Å². The first-order valence-electron chi connectivity index (χ1n) is 10.0. The van der Waals surface area contributed by atoms with Crippen LogP contribution in [0.15, 0.2) is 24.4 Å². The lowest BCUT2D eigenvalue weighted by Gasteiger charge is -2.16. The summed E-state index contributed by atoms with van der Waals surface area (Å²) in [6.45, 7) is 3.85. The number of aliphatic hydroxyl groups is 1. The van der Waals surface area contributed by atoms with E-state index in [1.807, 2.05) is 22.9 Å². The molecule has 0 amide bonds. The fourth-order valence-corrected chi connectivity index (χ4v) is 3.30. The van der Waals surface area contributed by atoms with E-state index in [1.165, 1.54) is 0 Å². The molecular weight excluding hydrogens is 384 g/mol. The second-order valence-electron chi connectivity index (χ2n) is 7.05. The number of hydrogen-bond acceptors (Lipinski definition) is 9. The minimum absolute atomic E-state index is 0.104. The second kappa shape index (κ2) is 10.2. The van der Waals surface area contributed by atoms with Gasteiger partial charge in [0.15, 0.2) is 5.82 Å². The number of rotatable bonds is 11. The van der Waals surface area contributed by atoms with E-state index in [-0.39, 0.29) is 18.7 Å². The van der Waals surface area contributed by atoms with Crippen molar-refractivity contribution in [3.63, 3.8) is 0 Å². The Morgan fingerprint density at radius 2 is 2.13 bits per heavy atom. The molecule has 0 aliphatic carbocycles. The molecule has 0 bridgehead atoms. The molecule has 2 aromatic heterocycles. The van der Waals surface area contributed by atoms with Gasteiger partial charge in [0, 0.05) is 18.7 Å². The third kappa shape index (κ3) is 5.15. The Kier molecular flexibility index (Phi) is 7.39. The quantitative estimate of drug-likeness (QED) is 0.229. The van der Waals surface area contributed by atoms with E-state index < -0.39 is 0 Å². The maximum absolute atomic E-state index is 8.92. The lowest BCUT2D eigenvalue weighted by molar-refractivity contribution is 0.292. The van der Waals surface area contributed by atoms with Crippen LogP contribution < -0.4 is 26.8 Å². The van der Waals surface area contributed by atoms with Gasteiger partial charge in [0.25, 0.3) is 0 Å². The van der Waals surface area contributed by atoms with Gasteiger partial charge in [0.05, 0.1) is 32.6 Å². The number of hydrogen-bond donors (Lipinski definition) is 5. The number of nitrogen functional groups attached to an aromatic ring is 1. The monoisotopic (exact) mass is 414 g/mol. The Hall–Kier alpha value is -2.95. The third-order valence-corrected chi connectivity index (χ3v) is 4.72. The molecular formula is C20H30N8O2. The van der Waals surface area contributed by atoms with Gasteiger partial charge >= 0.3 is 0 Å². The molecule has 162 valence electrons. The first-order chi connectivity index (χ1) is 14.5. The summed E-state index contributed by atoms with van der Waals surface area (Å²) in [5.74, 6) is 1.50. The molecule has 3 rings (SSSR count). The highest BCUT2D eigenvalue weighted by Crippen LogP contribution is 2.26. The molecule has 0 spiro atoms. The van der Waals surface area contributed by atoms with Crippen LogP contribution in [0.2, 0.25) is 0 Å². The molecule has 3 aromatic rings. The Balaban J connectivity index is 1.90. The molecule has 0 aliphatic heterocycles. The van der Waals surface area contributed by atoms with Crippen LogP contribution in [0.4, 0.5) is 11.8 Å². The molecule has 0 radical (unpaired) electrons. The predicted molar refractivity (Wildman–Crippen MR) is 117 cm³/mol. The standard InChI is InChI=1S/C20H30N8O2/c1-3-4-17(21)26-19-18-15(25-20(22)27-19)11-24-28(18)12-14-6-5-13(9-16(14)30-2)10-23-7-8-29/h5-6,9,11,17,23,29H,3-4,7-8,10,12,21H2,1-2H3,(H3,22,25,26,27). The van der Waals surface area contributed by atoms with Gasteiger partial charge in [-0.3, -0.25) is 4.68 Å². The van der Waals surface area contributed by atoms with Crippen LogP contribution in [-0.4, -0.2) is 51.3 Å². The maximum atomic E-state index is 8.92. The van der Waals surface area contributed by atoms with Crippen LogP contribution in [0.25, 0.3) is 11.0 Å². The van der Waals surface area contributed by atoms with Crippen molar-refractivity contribution in [3.8, 4) is 5.75 Å². The average molecular weight is 415 g/mol. The average Bonchev–Trinajstić information content (AvgIpc) is 3.12. The van der Waals surface area contributed by atoms with Gasteiger partial charge in [-0.15, -0.1) is 0 Å². The van der Waals surface area contributed by atoms with Gasteiger partial charge in [0.1, 0.15) is 16.8 Å². The van der Waals surface area contributed by atoms with Crippen molar-refractivity contribution in [3.05, 3.63) is 35.5 Å². The number of nitrogens with two attached hydrogens (primary N) is 2. The number of aliphatic hydroxyl groups excluding tert-OH is 1. The number of anilines is 2. The predicted octanol–water partition coefficient (Wildman–Crippen LogP) is 1.04. The summed E-state index contributed by atoms with van der Waals surface area (Å²) in [4.78, 5) is 8.64. The molecule has 0 saturated carbocycles. The molecule has 30 heavy (non-hydrogen) atoms. The molecule has 2 heterocycles. The third-order valence-electron chi connectivity index (χ3n) is 4.72. The number of fused-ring (bicyclic) bond motifs is 1. The summed E-state index contributed by atoms with van der Waals surface area (Å²) in [7, 11) is 1.64. The zero-order valence-corrected chi connectivity index (χ0v) is 17.4. The number of nitrogens with one attached hydrogen (secondary N) is 2. The molecule has 1 atom stereocenters. The molecule has 10 nitrogen and oxygen atoms in total. The SMILES string of the molecule is CCCC(N)Nc1nc(N)nc2cnn(Cc3ccc(CNCCO)cc3OC)c12. The molecule has 1 unspecified atom stereocenters. The summed E-state index contributed by atoms with van der Waals surface area (Å²) in [5.41, 5.74) is 15.5. The van der Waals surface area contributed by atoms with Crippen LogP contribution >= 0.6 is 0 Å². The van der Waals surface area contributed by atoms with Crippen LogP contribution in [0.5, 0.6) is 5.75 Å². The number of ether oxygens (including phenoxy) is 1. The van der Waals surface area contributed by atoms with E-state index in [4.69, 9.17) is 21.3 Å². The highest BCUT2D eigenvalue weighted by atomic mass is 16.5. The lowest BCUT2D eigenvalue weighted by atomic mass is 10.1. The van der Waals surface area contributed by atoms with E-state index in [9.17, 15) is 0 Å². The Morgan fingerprint density at radius 1 is 1.30 bits per heavy atom. The second-order valence-corrected chi connectivity index (χ2v) is 7.05. The summed E-state index contributed by atoms with van der Waals surface area (Å²) >= 11 is 0. The highest BCUT2D eigenvalue weighted by Gasteiger charge is 2.16. The molecule has 0 saturated heterocycles. The van der Waals surface area contributed by atoms with Gasteiger partial charge in [0.2, 0.25) is 5.95 Å². The molecule has 0 aliphatic rings. The number of benzene rings is 1. The summed E-state index contributed by atoms with van der Waals surface area (Å²) in [6, 6.07) is 6.02. The number of aromatic nitrogens is 4. The molecule has 1 aromatic carbocycles. The van der Waals surface area contributed by atoms with Crippen LogP contribution in [0.3, 0.4) is 0 Å². The van der Waals surface area contributed by atoms with Crippen LogP contribution in [0, 0.1) is 0 Å². The number of methoxy groups -OCH3 is 1. The van der Waals surface area contributed by atoms with Crippen LogP contribution in [0.1, 0.15) is 30.9 Å². The normalized spacial score (nSPS) is 12.3. The van der Waals surface area contributed by atoms with Gasteiger partial charge in [-0.25, -0.2) is 4.98 Å². The smallest absolute Gasteiger partial charge is 0.222 e. The van der Waals surface area contributed by atoms with E-state index in [0.717, 1.165) is 35.2 Å². The molecule has 7 N–H and O–H groups in total. The van der Waals surface area contributed by atoms with Crippen molar-refractivity contribution in [1.29, 1.82) is 0 Å². The zero-order chi connectivity index (χ0) is 21.5. The largest absolute Gasteiger partial charge is 0.496 e. The fourth-order valence-electron chi connectivity index (χ4n) is 3.30. The Labute approximate surface area is 175 Å². The number of nitrogens with zero attached hydrogens (tertiary/aromatic N) is 4. The van der Waals surface area contributed by atoms with Gasteiger partial charge in [-0.05, 0) is 18.1 Å². The van der Waals surface area contributed by atoms with E-state index in [0.29, 0.717) is 31.0 Å². The maximum Gasteiger partial charge on any atom is 0.222 e. The van der Waals surface area contributed by atoms with Crippen molar-refractivity contribution >= 4 is 22.8 Å². The van der Waals surface area contributed by atoms with Crippen molar-refractivity contribution in [2.45, 2.75) is 39.0 Å². The van der Waals surface area contributed by atoms with Gasteiger partial charge in [-0.1, -0.05) is 25.5 Å². The Bertz CT molecular complexity index is 975. The minimum Gasteiger partial charge on any atom is -0.496 e. The van der Waals surface area contributed by atoms with Crippen molar-refractivity contribution in [2.24, 2.45) is 5.73 Å². The van der Waals surface area contributed by atoms with Crippen molar-refractivity contribution in [1.82, 2.24) is 25.1 Å². The van der Waals surface area contributed by atoms with Crippen LogP contribution in [-0.2, 0) is 13.1 Å². The molecule has 0 fully saturated rings. The summed E-state index contributed by atoms with van der Waals surface area (Å²) in [5, 5.41) is 19.8. The summed E-state index contributed by atoms with van der Waals surface area (Å²) in [6.07, 6.45) is 3.19. The highest BCUT2D eigenvalue weighted by molar-refractivity contribution is 5.86. The van der Waals surface area contributed by atoms with E-state index in [2.05, 4.69) is 32.6 Å².